The molecule has 1 saturated heterocycles. The number of likely N-dealkylation sites (tertiary alicyclic amines) is 1. The van der Waals surface area contributed by atoms with Crippen molar-refractivity contribution >= 4 is 5.78 Å². The smallest absolute Gasteiger partial charge is 0.136 e. The van der Waals surface area contributed by atoms with Crippen LogP contribution in [0.3, 0.4) is 0 Å². The molecular formula is C11H21NO. The predicted molar refractivity (Wildman–Crippen MR) is 54.6 cm³/mol. The molecule has 0 saturated carbocycles. The van der Waals surface area contributed by atoms with Crippen LogP contribution in [0.2, 0.25) is 0 Å². The van der Waals surface area contributed by atoms with Crippen molar-refractivity contribution in [2.45, 2.75) is 27.2 Å². The zero-order valence-corrected chi connectivity index (χ0v) is 9.21. The van der Waals surface area contributed by atoms with E-state index in [9.17, 15) is 4.79 Å². The number of nitrogens with zero attached hydrogens (tertiary/aromatic N) is 1. The molecule has 1 fully saturated rings. The average molecular weight is 183 g/mol. The van der Waals surface area contributed by atoms with Gasteiger partial charge in [-0.05, 0) is 18.9 Å². The van der Waals surface area contributed by atoms with Crippen LogP contribution in [0.5, 0.6) is 0 Å². The number of carbonyl (C=O) groups is 1. The molecule has 0 aromatic heterocycles. The van der Waals surface area contributed by atoms with Gasteiger partial charge in [0.2, 0.25) is 0 Å². The molecule has 13 heavy (non-hydrogen) atoms. The van der Waals surface area contributed by atoms with Gasteiger partial charge in [0.25, 0.3) is 0 Å². The van der Waals surface area contributed by atoms with E-state index in [4.69, 9.17) is 0 Å². The van der Waals surface area contributed by atoms with E-state index >= 15 is 0 Å². The van der Waals surface area contributed by atoms with E-state index in [-0.39, 0.29) is 5.92 Å². The average Bonchev–Trinajstić information content (AvgIpc) is 2.00. The van der Waals surface area contributed by atoms with Crippen LogP contribution in [0.15, 0.2) is 0 Å². The Hall–Kier alpha value is -0.370. The number of ketones is 1. The van der Waals surface area contributed by atoms with Crippen LogP contribution in [0, 0.1) is 17.8 Å². The first-order valence-corrected chi connectivity index (χ1v) is 5.22. The summed E-state index contributed by atoms with van der Waals surface area (Å²) in [6.07, 6.45) is 0.795. The highest BCUT2D eigenvalue weighted by Crippen LogP contribution is 2.21. The minimum Gasteiger partial charge on any atom is -0.306 e. The van der Waals surface area contributed by atoms with Gasteiger partial charge in [-0.15, -0.1) is 0 Å². The first-order valence-electron chi connectivity index (χ1n) is 5.22. The number of hydrogen-bond donors (Lipinski definition) is 0. The van der Waals surface area contributed by atoms with Crippen LogP contribution in [-0.2, 0) is 4.79 Å². The maximum absolute atomic E-state index is 11.7. The largest absolute Gasteiger partial charge is 0.306 e. The zero-order valence-electron chi connectivity index (χ0n) is 9.21. The summed E-state index contributed by atoms with van der Waals surface area (Å²) in [7, 11) is 2.10. The van der Waals surface area contributed by atoms with E-state index < -0.39 is 0 Å². The lowest BCUT2D eigenvalue weighted by molar-refractivity contribution is -0.125. The van der Waals surface area contributed by atoms with Crippen LogP contribution in [0.25, 0.3) is 0 Å². The third kappa shape index (κ3) is 2.80. The van der Waals surface area contributed by atoms with Gasteiger partial charge in [-0.2, -0.15) is 0 Å². The van der Waals surface area contributed by atoms with Crippen molar-refractivity contribution in [3.63, 3.8) is 0 Å². The summed E-state index contributed by atoms with van der Waals surface area (Å²) >= 11 is 0. The number of carbonyl (C=O) groups excluding carboxylic acids is 1. The summed E-state index contributed by atoms with van der Waals surface area (Å²) in [6.45, 7) is 8.51. The molecule has 1 aliphatic rings. The summed E-state index contributed by atoms with van der Waals surface area (Å²) in [6, 6.07) is 0. The van der Waals surface area contributed by atoms with E-state index in [1.807, 2.05) is 0 Å². The predicted octanol–water partition coefficient (Wildman–Crippen LogP) is 1.80. The third-order valence-electron chi connectivity index (χ3n) is 3.14. The van der Waals surface area contributed by atoms with E-state index in [0.717, 1.165) is 19.5 Å². The molecule has 1 rings (SSSR count). The van der Waals surface area contributed by atoms with Gasteiger partial charge in [0, 0.05) is 25.4 Å². The van der Waals surface area contributed by atoms with Crippen molar-refractivity contribution in [1.82, 2.24) is 4.90 Å². The summed E-state index contributed by atoms with van der Waals surface area (Å²) < 4.78 is 0. The van der Waals surface area contributed by atoms with Crippen LogP contribution in [-0.4, -0.2) is 30.8 Å². The van der Waals surface area contributed by atoms with Crippen molar-refractivity contribution in [3.05, 3.63) is 0 Å². The SMILES string of the molecule is CC(C)[C@@H](C)C(=O)CC1CN(C)C1. The zero-order chi connectivity index (χ0) is 10.0. The fraction of sp³-hybridized carbons (Fsp3) is 0.909. The summed E-state index contributed by atoms with van der Waals surface area (Å²) in [5.41, 5.74) is 0. The highest BCUT2D eigenvalue weighted by atomic mass is 16.1. The molecule has 0 aromatic carbocycles. The van der Waals surface area contributed by atoms with Crippen molar-refractivity contribution in [3.8, 4) is 0 Å². The molecule has 2 heteroatoms. The van der Waals surface area contributed by atoms with Gasteiger partial charge < -0.3 is 4.90 Å². The van der Waals surface area contributed by atoms with Crippen molar-refractivity contribution in [1.29, 1.82) is 0 Å². The van der Waals surface area contributed by atoms with E-state index in [1.54, 1.807) is 0 Å². The molecule has 0 aliphatic carbocycles. The van der Waals surface area contributed by atoms with Crippen LogP contribution < -0.4 is 0 Å². The maximum Gasteiger partial charge on any atom is 0.136 e. The van der Waals surface area contributed by atoms with Crippen LogP contribution >= 0.6 is 0 Å². The van der Waals surface area contributed by atoms with Crippen LogP contribution in [0.1, 0.15) is 27.2 Å². The van der Waals surface area contributed by atoms with E-state index in [0.29, 0.717) is 17.6 Å². The molecule has 0 N–H and O–H groups in total. The van der Waals surface area contributed by atoms with Gasteiger partial charge in [-0.1, -0.05) is 20.8 Å². The first kappa shape index (κ1) is 10.7. The molecular weight excluding hydrogens is 162 g/mol. The molecule has 0 unspecified atom stereocenters. The lowest BCUT2D eigenvalue weighted by atomic mass is 9.86. The van der Waals surface area contributed by atoms with Gasteiger partial charge in [0.15, 0.2) is 0 Å². The Morgan fingerprint density at radius 1 is 1.38 bits per heavy atom. The maximum atomic E-state index is 11.7. The number of Topliss-reactive ketones (excluding diaryl/α,β-unsaturated/α-hetero) is 1. The van der Waals surface area contributed by atoms with E-state index in [1.165, 1.54) is 0 Å². The Labute approximate surface area is 81.3 Å². The van der Waals surface area contributed by atoms with Gasteiger partial charge >= 0.3 is 0 Å². The number of rotatable bonds is 4. The number of hydrogen-bond acceptors (Lipinski definition) is 2. The molecule has 1 aliphatic heterocycles. The Morgan fingerprint density at radius 3 is 2.31 bits per heavy atom. The topological polar surface area (TPSA) is 20.3 Å². The molecule has 0 aromatic rings. The Morgan fingerprint density at radius 2 is 1.92 bits per heavy atom. The molecule has 76 valence electrons. The molecule has 1 heterocycles. The van der Waals surface area contributed by atoms with Crippen LogP contribution in [0.4, 0.5) is 0 Å². The second-order valence-corrected chi connectivity index (χ2v) is 4.79. The highest BCUT2D eigenvalue weighted by Gasteiger charge is 2.27. The molecule has 0 spiro atoms. The van der Waals surface area contributed by atoms with Crippen molar-refractivity contribution in [2.24, 2.45) is 17.8 Å². The minimum absolute atomic E-state index is 0.242. The Balaban J connectivity index is 2.25. The monoisotopic (exact) mass is 183 g/mol. The molecule has 0 radical (unpaired) electrons. The Bertz CT molecular complexity index is 183. The summed E-state index contributed by atoms with van der Waals surface area (Å²) in [4.78, 5) is 13.9. The standard InChI is InChI=1S/C11H21NO/c1-8(2)9(3)11(13)5-10-6-12(4)7-10/h8-10H,5-7H2,1-4H3/t9-/m1/s1. The van der Waals surface area contributed by atoms with Gasteiger partial charge in [0.05, 0.1) is 0 Å². The molecule has 1 atom stereocenters. The minimum atomic E-state index is 0.242. The summed E-state index contributed by atoms with van der Waals surface area (Å²) in [5, 5.41) is 0. The second kappa shape index (κ2) is 4.23. The second-order valence-electron chi connectivity index (χ2n) is 4.79. The van der Waals surface area contributed by atoms with Crippen molar-refractivity contribution in [2.75, 3.05) is 20.1 Å². The fourth-order valence-electron chi connectivity index (χ4n) is 1.80. The highest BCUT2D eigenvalue weighted by molar-refractivity contribution is 5.81. The molecule has 0 bridgehead atoms. The Kier molecular flexibility index (Phi) is 3.48. The molecule has 0 amide bonds. The summed E-state index contributed by atoms with van der Waals surface area (Å²) in [5.74, 6) is 1.82. The fourth-order valence-corrected chi connectivity index (χ4v) is 1.80. The first-order chi connectivity index (χ1) is 6.00. The van der Waals surface area contributed by atoms with E-state index in [2.05, 4.69) is 32.7 Å². The quantitative estimate of drug-likeness (QED) is 0.662. The van der Waals surface area contributed by atoms with Gasteiger partial charge in [-0.25, -0.2) is 0 Å². The van der Waals surface area contributed by atoms with Crippen molar-refractivity contribution < 1.29 is 4.79 Å². The lowest BCUT2D eigenvalue weighted by Gasteiger charge is -2.36. The third-order valence-corrected chi connectivity index (χ3v) is 3.14. The lowest BCUT2D eigenvalue weighted by Crippen LogP contribution is -2.45. The normalized spacial score (nSPS) is 21.6. The van der Waals surface area contributed by atoms with Gasteiger partial charge in [0.1, 0.15) is 5.78 Å². The molecule has 2 nitrogen and oxygen atoms in total. The van der Waals surface area contributed by atoms with Gasteiger partial charge in [-0.3, -0.25) is 4.79 Å².